The number of fused-ring (bicyclic) bond motifs is 1. The number of para-hydroxylation sites is 1. The van der Waals surface area contributed by atoms with Gasteiger partial charge in [-0.2, -0.15) is 0 Å². The number of methoxy groups -OCH3 is 1. The van der Waals surface area contributed by atoms with E-state index in [1.54, 1.807) is 42.1 Å². The van der Waals surface area contributed by atoms with Gasteiger partial charge in [0, 0.05) is 11.8 Å². The Bertz CT molecular complexity index is 791. The molecule has 1 N–H and O–H groups in total. The number of hydrogen-bond acceptors (Lipinski definition) is 3. The van der Waals surface area contributed by atoms with Gasteiger partial charge in [0.1, 0.15) is 5.75 Å². The quantitative estimate of drug-likeness (QED) is 0.748. The van der Waals surface area contributed by atoms with Crippen molar-refractivity contribution in [3.8, 4) is 5.75 Å². The SMILES string of the molecule is COc1cccc(C(=O)C(O)n2ccc3ccccc32)c1. The van der Waals surface area contributed by atoms with Crippen LogP contribution in [0.4, 0.5) is 0 Å². The van der Waals surface area contributed by atoms with Crippen LogP contribution in [0.25, 0.3) is 10.9 Å². The van der Waals surface area contributed by atoms with Crippen molar-refractivity contribution in [2.24, 2.45) is 0 Å². The van der Waals surface area contributed by atoms with Crippen LogP contribution in [-0.4, -0.2) is 22.6 Å². The lowest BCUT2D eigenvalue weighted by atomic mass is 10.1. The highest BCUT2D eigenvalue weighted by atomic mass is 16.5. The molecular weight excluding hydrogens is 266 g/mol. The first-order valence-corrected chi connectivity index (χ1v) is 6.62. The molecule has 0 saturated heterocycles. The molecule has 3 aromatic rings. The van der Waals surface area contributed by atoms with Gasteiger partial charge in [-0.05, 0) is 29.7 Å². The average Bonchev–Trinajstić information content (AvgIpc) is 2.97. The fourth-order valence-electron chi connectivity index (χ4n) is 2.37. The first kappa shape index (κ1) is 13.4. The molecule has 4 heteroatoms. The Morgan fingerprint density at radius 3 is 2.76 bits per heavy atom. The van der Waals surface area contributed by atoms with Crippen LogP contribution >= 0.6 is 0 Å². The molecule has 3 rings (SSSR count). The fourth-order valence-corrected chi connectivity index (χ4v) is 2.37. The second-order valence-corrected chi connectivity index (χ2v) is 4.75. The molecular formula is C17H15NO3. The number of ketones is 1. The van der Waals surface area contributed by atoms with Crippen LogP contribution in [0.5, 0.6) is 5.75 Å². The number of hydrogen-bond donors (Lipinski definition) is 1. The van der Waals surface area contributed by atoms with E-state index < -0.39 is 6.23 Å². The second kappa shape index (κ2) is 5.42. The Kier molecular flexibility index (Phi) is 3.46. The van der Waals surface area contributed by atoms with Crippen LogP contribution in [0.3, 0.4) is 0 Å². The summed E-state index contributed by atoms with van der Waals surface area (Å²) in [5.41, 5.74) is 1.24. The van der Waals surface area contributed by atoms with Crippen molar-refractivity contribution < 1.29 is 14.6 Å². The summed E-state index contributed by atoms with van der Waals surface area (Å²) in [6.45, 7) is 0. The van der Waals surface area contributed by atoms with Crippen LogP contribution in [0.1, 0.15) is 16.6 Å². The molecule has 1 heterocycles. The van der Waals surface area contributed by atoms with Crippen molar-refractivity contribution in [2.75, 3.05) is 7.11 Å². The van der Waals surface area contributed by atoms with Gasteiger partial charge < -0.3 is 14.4 Å². The molecule has 106 valence electrons. The summed E-state index contributed by atoms with van der Waals surface area (Å²) in [7, 11) is 1.54. The lowest BCUT2D eigenvalue weighted by Gasteiger charge is -2.13. The van der Waals surface area contributed by atoms with Crippen LogP contribution in [0.2, 0.25) is 0 Å². The van der Waals surface area contributed by atoms with Crippen LogP contribution in [0, 0.1) is 0 Å². The zero-order valence-electron chi connectivity index (χ0n) is 11.6. The van der Waals surface area contributed by atoms with Crippen molar-refractivity contribution >= 4 is 16.7 Å². The van der Waals surface area contributed by atoms with E-state index >= 15 is 0 Å². The van der Waals surface area contributed by atoms with E-state index in [0.29, 0.717) is 11.3 Å². The van der Waals surface area contributed by atoms with Gasteiger partial charge in [-0.15, -0.1) is 0 Å². The molecule has 1 atom stereocenters. The van der Waals surface area contributed by atoms with Crippen molar-refractivity contribution in [1.29, 1.82) is 0 Å². The molecule has 0 spiro atoms. The maximum absolute atomic E-state index is 12.4. The van der Waals surface area contributed by atoms with E-state index in [0.717, 1.165) is 10.9 Å². The Balaban J connectivity index is 1.97. The van der Waals surface area contributed by atoms with E-state index in [9.17, 15) is 9.90 Å². The molecule has 2 aromatic carbocycles. The molecule has 0 bridgehead atoms. The van der Waals surface area contributed by atoms with Gasteiger partial charge in [0.25, 0.3) is 0 Å². The summed E-state index contributed by atoms with van der Waals surface area (Å²) in [5.74, 6) is 0.223. The van der Waals surface area contributed by atoms with Crippen molar-refractivity contribution in [1.82, 2.24) is 4.57 Å². The number of benzene rings is 2. The molecule has 0 amide bonds. The average molecular weight is 281 g/mol. The molecule has 4 nitrogen and oxygen atoms in total. The Hall–Kier alpha value is -2.59. The van der Waals surface area contributed by atoms with Gasteiger partial charge in [0.15, 0.2) is 6.23 Å². The van der Waals surface area contributed by atoms with Crippen molar-refractivity contribution in [2.45, 2.75) is 6.23 Å². The number of ether oxygens (including phenoxy) is 1. The fraction of sp³-hybridized carbons (Fsp3) is 0.118. The third kappa shape index (κ3) is 2.41. The predicted molar refractivity (Wildman–Crippen MR) is 80.5 cm³/mol. The normalized spacial score (nSPS) is 12.3. The zero-order valence-corrected chi connectivity index (χ0v) is 11.6. The molecule has 0 saturated carbocycles. The number of rotatable bonds is 4. The summed E-state index contributed by atoms with van der Waals surface area (Å²) in [5, 5.41) is 11.3. The summed E-state index contributed by atoms with van der Waals surface area (Å²) in [6.07, 6.45) is 0.463. The third-order valence-corrected chi connectivity index (χ3v) is 3.48. The summed E-state index contributed by atoms with van der Waals surface area (Å²) < 4.78 is 6.67. The molecule has 1 aromatic heterocycles. The zero-order chi connectivity index (χ0) is 14.8. The van der Waals surface area contributed by atoms with Gasteiger partial charge in [-0.3, -0.25) is 4.79 Å². The summed E-state index contributed by atoms with van der Waals surface area (Å²) >= 11 is 0. The lowest BCUT2D eigenvalue weighted by Crippen LogP contribution is -2.18. The summed E-state index contributed by atoms with van der Waals surface area (Å²) in [6, 6.07) is 16.3. The molecule has 0 aliphatic carbocycles. The van der Waals surface area contributed by atoms with E-state index in [2.05, 4.69) is 0 Å². The molecule has 1 unspecified atom stereocenters. The van der Waals surface area contributed by atoms with Gasteiger partial charge in [-0.1, -0.05) is 30.3 Å². The monoisotopic (exact) mass is 281 g/mol. The highest BCUT2D eigenvalue weighted by Crippen LogP contribution is 2.22. The van der Waals surface area contributed by atoms with Gasteiger partial charge in [0.2, 0.25) is 5.78 Å². The number of Topliss-reactive ketones (excluding diaryl/α,β-unsaturated/α-hetero) is 1. The van der Waals surface area contributed by atoms with Crippen LogP contribution < -0.4 is 4.74 Å². The largest absolute Gasteiger partial charge is 0.497 e. The third-order valence-electron chi connectivity index (χ3n) is 3.48. The molecule has 0 aliphatic rings. The van der Waals surface area contributed by atoms with Gasteiger partial charge in [0.05, 0.1) is 12.6 Å². The number of carbonyl (C=O) groups is 1. The highest BCUT2D eigenvalue weighted by molar-refractivity contribution is 5.99. The van der Waals surface area contributed by atoms with Gasteiger partial charge in [-0.25, -0.2) is 0 Å². The number of nitrogens with zero attached hydrogens (tertiary/aromatic N) is 1. The smallest absolute Gasteiger partial charge is 0.212 e. The van der Waals surface area contributed by atoms with E-state index in [1.807, 2.05) is 30.3 Å². The van der Waals surface area contributed by atoms with Crippen LogP contribution in [0.15, 0.2) is 60.8 Å². The Morgan fingerprint density at radius 1 is 1.14 bits per heavy atom. The predicted octanol–water partition coefficient (Wildman–Crippen LogP) is 3.02. The number of aliphatic hydroxyl groups is 1. The Morgan fingerprint density at radius 2 is 1.95 bits per heavy atom. The topological polar surface area (TPSA) is 51.5 Å². The Labute approximate surface area is 122 Å². The lowest BCUT2D eigenvalue weighted by molar-refractivity contribution is 0.0588. The summed E-state index contributed by atoms with van der Waals surface area (Å²) in [4.78, 5) is 12.4. The van der Waals surface area contributed by atoms with Crippen molar-refractivity contribution in [3.63, 3.8) is 0 Å². The minimum atomic E-state index is -1.25. The molecule has 0 aliphatic heterocycles. The molecule has 0 radical (unpaired) electrons. The maximum atomic E-state index is 12.4. The first-order chi connectivity index (χ1) is 10.2. The van der Waals surface area contributed by atoms with E-state index in [-0.39, 0.29) is 5.78 Å². The second-order valence-electron chi connectivity index (χ2n) is 4.75. The van der Waals surface area contributed by atoms with Crippen molar-refractivity contribution in [3.05, 3.63) is 66.4 Å². The minimum absolute atomic E-state index is 0.366. The van der Waals surface area contributed by atoms with E-state index in [4.69, 9.17) is 4.74 Å². The number of aliphatic hydroxyl groups excluding tert-OH is 1. The highest BCUT2D eigenvalue weighted by Gasteiger charge is 2.20. The number of carbonyl (C=O) groups excluding carboxylic acids is 1. The standard InChI is InChI=1S/C17H15NO3/c1-21-14-7-4-6-13(11-14)16(19)17(20)18-10-9-12-5-2-3-8-15(12)18/h2-11,17,20H,1H3. The molecule has 21 heavy (non-hydrogen) atoms. The molecule has 0 fully saturated rings. The van der Waals surface area contributed by atoms with Gasteiger partial charge >= 0.3 is 0 Å². The first-order valence-electron chi connectivity index (χ1n) is 6.62. The minimum Gasteiger partial charge on any atom is -0.497 e. The maximum Gasteiger partial charge on any atom is 0.212 e. The van der Waals surface area contributed by atoms with E-state index in [1.165, 1.54) is 0 Å². The number of aromatic nitrogens is 1. The van der Waals surface area contributed by atoms with Crippen LogP contribution in [-0.2, 0) is 0 Å².